The molecule has 2 aromatic rings. The Balaban J connectivity index is 1.85. The summed E-state index contributed by atoms with van der Waals surface area (Å²) in [5.74, 6) is 0.676. The summed E-state index contributed by atoms with van der Waals surface area (Å²) in [5, 5.41) is 6.39. The highest BCUT2D eigenvalue weighted by Gasteiger charge is 2.12. The molecule has 0 saturated carbocycles. The van der Waals surface area contributed by atoms with Gasteiger partial charge in [0.25, 0.3) is 0 Å². The van der Waals surface area contributed by atoms with Crippen molar-refractivity contribution in [3.8, 4) is 0 Å². The minimum Gasteiger partial charge on any atom is -0.352 e. The van der Waals surface area contributed by atoms with Crippen LogP contribution in [0, 0.1) is 13.8 Å². The molecule has 0 aliphatic heterocycles. The molecule has 1 amide bonds. The number of likely N-dealkylation sites (N-methyl/N-ethyl adjacent to an activating group) is 1. The maximum atomic E-state index is 12.5. The first-order valence-corrected chi connectivity index (χ1v) is 9.35. The van der Waals surface area contributed by atoms with Gasteiger partial charge in [0.2, 0.25) is 5.91 Å². The van der Waals surface area contributed by atoms with Crippen molar-refractivity contribution in [3.63, 3.8) is 0 Å². The van der Waals surface area contributed by atoms with Gasteiger partial charge in [-0.25, -0.2) is 0 Å². The summed E-state index contributed by atoms with van der Waals surface area (Å²) >= 11 is 0. The summed E-state index contributed by atoms with van der Waals surface area (Å²) < 4.78 is 0. The van der Waals surface area contributed by atoms with Crippen LogP contribution in [0.3, 0.4) is 0 Å². The summed E-state index contributed by atoms with van der Waals surface area (Å²) in [6.07, 6.45) is 0. The van der Waals surface area contributed by atoms with Gasteiger partial charge in [0.1, 0.15) is 0 Å². The Morgan fingerprint density at radius 3 is 2.44 bits per heavy atom. The van der Waals surface area contributed by atoms with Crippen LogP contribution in [0.15, 0.2) is 53.5 Å². The van der Waals surface area contributed by atoms with E-state index in [1.807, 2.05) is 42.2 Å². The van der Waals surface area contributed by atoms with Crippen LogP contribution in [-0.2, 0) is 17.9 Å². The standard InChI is InChI=1S/C22H30N4O/c1-5-26(16-19-9-7-6-8-10-19)21(27)15-25-22(23-4)24-14-20-12-11-17(2)13-18(20)3/h6-13H,5,14-16H2,1-4H3,(H2,23,24,25). The molecule has 144 valence electrons. The van der Waals surface area contributed by atoms with Crippen molar-refractivity contribution in [2.75, 3.05) is 20.1 Å². The molecule has 5 heteroatoms. The Morgan fingerprint density at radius 1 is 1.07 bits per heavy atom. The second-order valence-corrected chi connectivity index (χ2v) is 6.60. The Morgan fingerprint density at radius 2 is 1.81 bits per heavy atom. The molecule has 0 aliphatic carbocycles. The highest BCUT2D eigenvalue weighted by Crippen LogP contribution is 2.10. The van der Waals surface area contributed by atoms with E-state index in [9.17, 15) is 4.79 Å². The lowest BCUT2D eigenvalue weighted by atomic mass is 10.1. The molecule has 0 heterocycles. The van der Waals surface area contributed by atoms with Crippen molar-refractivity contribution in [2.45, 2.75) is 33.9 Å². The van der Waals surface area contributed by atoms with Crippen LogP contribution in [0.5, 0.6) is 0 Å². The summed E-state index contributed by atoms with van der Waals surface area (Å²) in [5.41, 5.74) is 4.84. The van der Waals surface area contributed by atoms with Crippen LogP contribution < -0.4 is 10.6 Å². The zero-order valence-corrected chi connectivity index (χ0v) is 16.7. The number of hydrogen-bond acceptors (Lipinski definition) is 2. The molecule has 0 fully saturated rings. The fourth-order valence-electron chi connectivity index (χ4n) is 2.89. The zero-order valence-electron chi connectivity index (χ0n) is 16.7. The van der Waals surface area contributed by atoms with Crippen LogP contribution in [0.25, 0.3) is 0 Å². The summed E-state index contributed by atoms with van der Waals surface area (Å²) in [6, 6.07) is 16.4. The molecule has 0 aromatic heterocycles. The molecule has 0 bridgehead atoms. The molecule has 27 heavy (non-hydrogen) atoms. The Labute approximate surface area is 162 Å². The second-order valence-electron chi connectivity index (χ2n) is 6.60. The maximum Gasteiger partial charge on any atom is 0.242 e. The molecule has 0 atom stereocenters. The first kappa shape index (κ1) is 20.5. The first-order valence-electron chi connectivity index (χ1n) is 9.35. The Kier molecular flexibility index (Phi) is 7.86. The fourth-order valence-corrected chi connectivity index (χ4v) is 2.89. The predicted molar refractivity (Wildman–Crippen MR) is 112 cm³/mol. The number of carbonyl (C=O) groups excluding carboxylic acids is 1. The average molecular weight is 367 g/mol. The van der Waals surface area contributed by atoms with Crippen molar-refractivity contribution < 1.29 is 4.79 Å². The summed E-state index contributed by atoms with van der Waals surface area (Å²) in [4.78, 5) is 18.6. The largest absolute Gasteiger partial charge is 0.352 e. The number of amides is 1. The number of aliphatic imine (C=N–C) groups is 1. The SMILES string of the molecule is CCN(Cc1ccccc1)C(=O)CNC(=NC)NCc1ccc(C)cc1C. The molecule has 2 rings (SSSR count). The van der Waals surface area contributed by atoms with Gasteiger partial charge >= 0.3 is 0 Å². The van der Waals surface area contributed by atoms with E-state index in [0.717, 1.165) is 5.56 Å². The van der Waals surface area contributed by atoms with Crippen molar-refractivity contribution in [3.05, 3.63) is 70.8 Å². The van der Waals surface area contributed by atoms with Crippen molar-refractivity contribution in [1.82, 2.24) is 15.5 Å². The van der Waals surface area contributed by atoms with Crippen LogP contribution >= 0.6 is 0 Å². The number of rotatable bonds is 7. The highest BCUT2D eigenvalue weighted by molar-refractivity contribution is 5.86. The van der Waals surface area contributed by atoms with E-state index >= 15 is 0 Å². The molecule has 0 spiro atoms. The normalized spacial score (nSPS) is 11.2. The molecule has 0 saturated heterocycles. The van der Waals surface area contributed by atoms with E-state index < -0.39 is 0 Å². The lowest BCUT2D eigenvalue weighted by Crippen LogP contribution is -2.44. The van der Waals surface area contributed by atoms with E-state index in [1.165, 1.54) is 16.7 Å². The number of nitrogens with one attached hydrogen (secondary N) is 2. The second kappa shape index (κ2) is 10.4. The van der Waals surface area contributed by atoms with Gasteiger partial charge in [-0.3, -0.25) is 9.79 Å². The van der Waals surface area contributed by atoms with Crippen LogP contribution in [0.1, 0.15) is 29.2 Å². The number of hydrogen-bond donors (Lipinski definition) is 2. The molecule has 0 radical (unpaired) electrons. The van der Waals surface area contributed by atoms with Gasteiger partial charge < -0.3 is 15.5 Å². The number of guanidine groups is 1. The third-order valence-electron chi connectivity index (χ3n) is 4.53. The number of aryl methyl sites for hydroxylation is 2. The number of nitrogens with zero attached hydrogens (tertiary/aromatic N) is 2. The first-order chi connectivity index (χ1) is 13.0. The minimum atomic E-state index is 0.0517. The lowest BCUT2D eigenvalue weighted by Gasteiger charge is -2.22. The van der Waals surface area contributed by atoms with Gasteiger partial charge in [-0.05, 0) is 37.5 Å². The molecular weight excluding hydrogens is 336 g/mol. The molecule has 0 unspecified atom stereocenters. The average Bonchev–Trinajstić information content (AvgIpc) is 2.68. The molecular formula is C22H30N4O. The topological polar surface area (TPSA) is 56.7 Å². The van der Waals surface area contributed by atoms with Crippen molar-refractivity contribution >= 4 is 11.9 Å². The maximum absolute atomic E-state index is 12.5. The van der Waals surface area contributed by atoms with Gasteiger partial charge in [-0.1, -0.05) is 54.1 Å². The molecule has 5 nitrogen and oxygen atoms in total. The van der Waals surface area contributed by atoms with Crippen LogP contribution in [0.4, 0.5) is 0 Å². The predicted octanol–water partition coefficient (Wildman–Crippen LogP) is 3.02. The number of carbonyl (C=O) groups is 1. The van der Waals surface area contributed by atoms with Gasteiger partial charge in [-0.15, -0.1) is 0 Å². The third-order valence-corrected chi connectivity index (χ3v) is 4.53. The fraction of sp³-hybridized carbons (Fsp3) is 0.364. The zero-order chi connectivity index (χ0) is 19.6. The molecule has 0 aliphatic rings. The van der Waals surface area contributed by atoms with Crippen molar-refractivity contribution in [1.29, 1.82) is 0 Å². The minimum absolute atomic E-state index is 0.0517. The van der Waals surface area contributed by atoms with Gasteiger partial charge in [0.15, 0.2) is 5.96 Å². The van der Waals surface area contributed by atoms with Crippen molar-refractivity contribution in [2.24, 2.45) is 4.99 Å². The van der Waals surface area contributed by atoms with Gasteiger partial charge in [0.05, 0.1) is 6.54 Å². The summed E-state index contributed by atoms with van der Waals surface area (Å²) in [7, 11) is 1.71. The van der Waals surface area contributed by atoms with Crippen LogP contribution in [0.2, 0.25) is 0 Å². The quantitative estimate of drug-likeness (QED) is 0.585. The Hall–Kier alpha value is -2.82. The van der Waals surface area contributed by atoms with E-state index in [0.29, 0.717) is 25.6 Å². The third kappa shape index (κ3) is 6.44. The Bertz CT molecular complexity index is 771. The van der Waals surface area contributed by atoms with Crippen LogP contribution in [-0.4, -0.2) is 36.9 Å². The molecule has 2 N–H and O–H groups in total. The molecule has 2 aromatic carbocycles. The lowest BCUT2D eigenvalue weighted by molar-refractivity contribution is -0.130. The van der Waals surface area contributed by atoms with E-state index in [2.05, 4.69) is 47.7 Å². The number of benzene rings is 2. The van der Waals surface area contributed by atoms with Gasteiger partial charge in [-0.2, -0.15) is 0 Å². The summed E-state index contributed by atoms with van der Waals surface area (Å²) in [6.45, 7) is 8.36. The van der Waals surface area contributed by atoms with E-state index in [4.69, 9.17) is 0 Å². The van der Waals surface area contributed by atoms with E-state index in [1.54, 1.807) is 7.05 Å². The smallest absolute Gasteiger partial charge is 0.242 e. The highest BCUT2D eigenvalue weighted by atomic mass is 16.2. The van der Waals surface area contributed by atoms with Gasteiger partial charge in [0, 0.05) is 26.7 Å². The van der Waals surface area contributed by atoms with E-state index in [-0.39, 0.29) is 12.5 Å². The monoisotopic (exact) mass is 366 g/mol.